The number of hydrogen-bond acceptors (Lipinski definition) is 4. The van der Waals surface area contributed by atoms with Crippen LogP contribution in [0.15, 0.2) is 18.2 Å². The molecule has 1 N–H and O–H groups in total. The smallest absolute Gasteiger partial charge is 0.232 e. The maximum absolute atomic E-state index is 11.9. The molecule has 1 saturated heterocycles. The van der Waals surface area contributed by atoms with Crippen LogP contribution in [0.25, 0.3) is 0 Å². The van der Waals surface area contributed by atoms with E-state index >= 15 is 0 Å². The molecule has 0 atom stereocenters. The van der Waals surface area contributed by atoms with Gasteiger partial charge in [-0.1, -0.05) is 6.92 Å². The van der Waals surface area contributed by atoms with Gasteiger partial charge in [0.15, 0.2) is 0 Å². The third kappa shape index (κ3) is 3.56. The Kier molecular flexibility index (Phi) is 4.75. The minimum Gasteiger partial charge on any atom is -0.495 e. The highest BCUT2D eigenvalue weighted by Crippen LogP contribution is 2.31. The molecule has 1 aliphatic rings. The number of hydrogen-bond donors (Lipinski definition) is 1. The Morgan fingerprint density at radius 1 is 1.30 bits per heavy atom. The van der Waals surface area contributed by atoms with Crippen molar-refractivity contribution in [1.82, 2.24) is 0 Å². The van der Waals surface area contributed by atoms with Crippen molar-refractivity contribution < 1.29 is 13.2 Å². The fourth-order valence-corrected chi connectivity index (χ4v) is 3.57. The van der Waals surface area contributed by atoms with Crippen molar-refractivity contribution in [2.24, 2.45) is 0 Å². The SMILES string of the molecule is CCCS(=O)(=O)Nc1cc(N2CCCC2)ccc1OC. The second kappa shape index (κ2) is 6.35. The van der Waals surface area contributed by atoms with Crippen LogP contribution >= 0.6 is 0 Å². The second-order valence-corrected chi connectivity index (χ2v) is 6.84. The third-order valence-corrected chi connectivity index (χ3v) is 4.87. The summed E-state index contributed by atoms with van der Waals surface area (Å²) in [5.41, 5.74) is 1.56. The van der Waals surface area contributed by atoms with Crippen LogP contribution in [0.4, 0.5) is 11.4 Å². The lowest BCUT2D eigenvalue weighted by Gasteiger charge is -2.20. The molecule has 0 saturated carbocycles. The van der Waals surface area contributed by atoms with Gasteiger partial charge in [0.1, 0.15) is 5.75 Å². The Morgan fingerprint density at radius 2 is 2.00 bits per heavy atom. The minimum absolute atomic E-state index is 0.115. The van der Waals surface area contributed by atoms with E-state index in [0.717, 1.165) is 18.8 Å². The normalized spacial score (nSPS) is 15.4. The molecule has 1 aliphatic heterocycles. The molecule has 0 radical (unpaired) electrons. The lowest BCUT2D eigenvalue weighted by molar-refractivity contribution is 0.417. The lowest BCUT2D eigenvalue weighted by atomic mass is 10.2. The van der Waals surface area contributed by atoms with Gasteiger partial charge in [0.05, 0.1) is 18.6 Å². The van der Waals surface area contributed by atoms with Crippen molar-refractivity contribution >= 4 is 21.4 Å². The van der Waals surface area contributed by atoms with Crippen LogP contribution in [0, 0.1) is 0 Å². The van der Waals surface area contributed by atoms with E-state index in [4.69, 9.17) is 4.74 Å². The monoisotopic (exact) mass is 298 g/mol. The molecule has 0 amide bonds. The van der Waals surface area contributed by atoms with E-state index < -0.39 is 10.0 Å². The quantitative estimate of drug-likeness (QED) is 0.876. The van der Waals surface area contributed by atoms with E-state index in [1.54, 1.807) is 7.11 Å². The Labute approximate surface area is 121 Å². The number of nitrogens with zero attached hydrogens (tertiary/aromatic N) is 1. The Hall–Kier alpha value is -1.43. The first-order valence-corrected chi connectivity index (χ1v) is 8.64. The Balaban J connectivity index is 2.27. The predicted molar refractivity (Wildman–Crippen MR) is 82.1 cm³/mol. The molecule has 20 heavy (non-hydrogen) atoms. The highest BCUT2D eigenvalue weighted by atomic mass is 32.2. The zero-order chi connectivity index (χ0) is 14.6. The van der Waals surface area contributed by atoms with Gasteiger partial charge >= 0.3 is 0 Å². The molecule has 0 bridgehead atoms. The van der Waals surface area contributed by atoms with Crippen LogP contribution in [0.2, 0.25) is 0 Å². The molecular formula is C14H22N2O3S. The molecule has 0 aromatic heterocycles. The van der Waals surface area contributed by atoms with Crippen LogP contribution in [-0.4, -0.2) is 34.4 Å². The molecule has 1 aromatic carbocycles. The summed E-state index contributed by atoms with van der Waals surface area (Å²) in [6.07, 6.45) is 2.95. The van der Waals surface area contributed by atoms with Crippen LogP contribution in [0.5, 0.6) is 5.75 Å². The summed E-state index contributed by atoms with van der Waals surface area (Å²) in [5, 5.41) is 0. The summed E-state index contributed by atoms with van der Waals surface area (Å²) < 4.78 is 31.7. The number of methoxy groups -OCH3 is 1. The fraction of sp³-hybridized carbons (Fsp3) is 0.571. The molecule has 1 fully saturated rings. The highest BCUT2D eigenvalue weighted by molar-refractivity contribution is 7.92. The topological polar surface area (TPSA) is 58.6 Å². The molecule has 0 unspecified atom stereocenters. The van der Waals surface area contributed by atoms with Gasteiger partial charge in [0.25, 0.3) is 0 Å². The van der Waals surface area contributed by atoms with E-state index in [2.05, 4.69) is 9.62 Å². The third-order valence-electron chi connectivity index (χ3n) is 3.39. The molecule has 0 aliphatic carbocycles. The van der Waals surface area contributed by atoms with Crippen LogP contribution in [-0.2, 0) is 10.0 Å². The number of nitrogens with one attached hydrogen (secondary N) is 1. The number of anilines is 2. The maximum Gasteiger partial charge on any atom is 0.232 e. The summed E-state index contributed by atoms with van der Waals surface area (Å²) >= 11 is 0. The van der Waals surface area contributed by atoms with Crippen LogP contribution < -0.4 is 14.4 Å². The largest absolute Gasteiger partial charge is 0.495 e. The van der Waals surface area contributed by atoms with Crippen molar-refractivity contribution in [2.45, 2.75) is 26.2 Å². The lowest BCUT2D eigenvalue weighted by Crippen LogP contribution is -2.19. The molecular weight excluding hydrogens is 276 g/mol. The first kappa shape index (κ1) is 15.0. The van der Waals surface area contributed by atoms with Crippen molar-refractivity contribution in [3.8, 4) is 5.75 Å². The highest BCUT2D eigenvalue weighted by Gasteiger charge is 2.17. The molecule has 2 rings (SSSR count). The van der Waals surface area contributed by atoms with Gasteiger partial charge in [-0.3, -0.25) is 4.72 Å². The first-order chi connectivity index (χ1) is 9.55. The molecule has 1 heterocycles. The summed E-state index contributed by atoms with van der Waals surface area (Å²) in [4.78, 5) is 2.26. The summed E-state index contributed by atoms with van der Waals surface area (Å²) in [6, 6.07) is 5.65. The van der Waals surface area contributed by atoms with Crippen LogP contribution in [0.1, 0.15) is 26.2 Å². The van der Waals surface area contributed by atoms with Crippen molar-refractivity contribution in [3.05, 3.63) is 18.2 Å². The minimum atomic E-state index is -3.31. The standard InChI is InChI=1S/C14H22N2O3S/c1-3-10-20(17,18)15-13-11-12(6-7-14(13)19-2)16-8-4-5-9-16/h6-7,11,15H,3-5,8-10H2,1-2H3. The van der Waals surface area contributed by atoms with Gasteiger partial charge in [-0.2, -0.15) is 0 Å². The van der Waals surface area contributed by atoms with Gasteiger partial charge in [0.2, 0.25) is 10.0 Å². The van der Waals surface area contributed by atoms with Crippen molar-refractivity contribution in [3.63, 3.8) is 0 Å². The van der Waals surface area contributed by atoms with Gasteiger partial charge in [-0.05, 0) is 37.5 Å². The Bertz CT molecular complexity index is 552. The van der Waals surface area contributed by atoms with Gasteiger partial charge in [-0.25, -0.2) is 8.42 Å². The summed E-state index contributed by atoms with van der Waals surface area (Å²) in [5.74, 6) is 0.664. The Morgan fingerprint density at radius 3 is 2.60 bits per heavy atom. The van der Waals surface area contributed by atoms with E-state index in [-0.39, 0.29) is 5.75 Å². The number of ether oxygens (including phenoxy) is 1. The molecule has 0 spiro atoms. The maximum atomic E-state index is 11.9. The van der Waals surface area contributed by atoms with E-state index in [9.17, 15) is 8.42 Å². The summed E-state index contributed by atoms with van der Waals surface area (Å²) in [6.45, 7) is 3.89. The molecule has 1 aromatic rings. The van der Waals surface area contributed by atoms with Crippen molar-refractivity contribution in [2.75, 3.05) is 35.6 Å². The van der Waals surface area contributed by atoms with E-state index in [1.807, 2.05) is 25.1 Å². The zero-order valence-corrected chi connectivity index (χ0v) is 12.9. The molecule has 6 heteroatoms. The number of benzene rings is 1. The fourth-order valence-electron chi connectivity index (χ4n) is 2.44. The average molecular weight is 298 g/mol. The predicted octanol–water partition coefficient (Wildman–Crippen LogP) is 2.45. The van der Waals surface area contributed by atoms with Gasteiger partial charge in [0, 0.05) is 18.8 Å². The number of sulfonamides is 1. The molecule has 5 nitrogen and oxygen atoms in total. The summed E-state index contributed by atoms with van der Waals surface area (Å²) in [7, 11) is -1.76. The van der Waals surface area contributed by atoms with E-state index in [0.29, 0.717) is 17.9 Å². The molecule has 112 valence electrons. The second-order valence-electron chi connectivity index (χ2n) is 5.00. The van der Waals surface area contributed by atoms with Crippen molar-refractivity contribution in [1.29, 1.82) is 0 Å². The van der Waals surface area contributed by atoms with Gasteiger partial charge < -0.3 is 9.64 Å². The average Bonchev–Trinajstić information content (AvgIpc) is 2.92. The number of rotatable bonds is 6. The van der Waals surface area contributed by atoms with Gasteiger partial charge in [-0.15, -0.1) is 0 Å². The zero-order valence-electron chi connectivity index (χ0n) is 12.1. The van der Waals surface area contributed by atoms with Crippen LogP contribution in [0.3, 0.4) is 0 Å². The van der Waals surface area contributed by atoms with E-state index in [1.165, 1.54) is 12.8 Å². The first-order valence-electron chi connectivity index (χ1n) is 6.99.